The van der Waals surface area contributed by atoms with E-state index in [9.17, 15) is 9.90 Å². The third-order valence-electron chi connectivity index (χ3n) is 4.31. The van der Waals surface area contributed by atoms with Crippen molar-refractivity contribution in [3.8, 4) is 22.8 Å². The molecule has 31 heavy (non-hydrogen) atoms. The number of phenolic OH excluding ortho intramolecular Hbond substituents is 1. The van der Waals surface area contributed by atoms with Gasteiger partial charge in [-0.1, -0.05) is 6.08 Å². The second-order valence-corrected chi connectivity index (χ2v) is 9.02. The normalized spacial score (nSPS) is 13.7. The molecule has 7 nitrogen and oxygen atoms in total. The third-order valence-corrected chi connectivity index (χ3v) is 6.37. The molecule has 0 radical (unpaired) electrons. The van der Waals surface area contributed by atoms with E-state index in [1.54, 1.807) is 29.1 Å². The molecule has 2 N–H and O–H groups in total. The van der Waals surface area contributed by atoms with E-state index >= 15 is 0 Å². The Hall–Kier alpha value is -2.69. The molecule has 2 aromatic carbocycles. The Balaban J connectivity index is 1.79. The van der Waals surface area contributed by atoms with Crippen LogP contribution in [0.2, 0.25) is 0 Å². The summed E-state index contributed by atoms with van der Waals surface area (Å²) in [4.78, 5) is 16.9. The Bertz CT molecular complexity index is 1260. The minimum Gasteiger partial charge on any atom is -0.506 e. The number of nitrogens with one attached hydrogen (secondary N) is 1. The summed E-state index contributed by atoms with van der Waals surface area (Å²) in [5.74, 6) is 0.566. The van der Waals surface area contributed by atoms with Crippen LogP contribution in [0.25, 0.3) is 11.3 Å². The van der Waals surface area contributed by atoms with Crippen molar-refractivity contribution in [2.45, 2.75) is 0 Å². The molecule has 1 aliphatic rings. The maximum Gasteiger partial charge on any atom is 0.262 e. The molecule has 2 heterocycles. The van der Waals surface area contributed by atoms with Crippen molar-refractivity contribution in [2.24, 2.45) is 10.1 Å². The van der Waals surface area contributed by atoms with Crippen molar-refractivity contribution in [1.29, 1.82) is 0 Å². The zero-order chi connectivity index (χ0) is 22.0. The van der Waals surface area contributed by atoms with Gasteiger partial charge in [0.05, 0.1) is 33.1 Å². The Morgan fingerprint density at radius 2 is 2.06 bits per heavy atom. The number of rotatable bonds is 5. The maximum absolute atomic E-state index is 11.7. The molecule has 0 bridgehead atoms. The first kappa shape index (κ1) is 21.5. The van der Waals surface area contributed by atoms with Crippen molar-refractivity contribution < 1.29 is 14.6 Å². The number of benzene rings is 2. The van der Waals surface area contributed by atoms with Crippen molar-refractivity contribution >= 4 is 61.0 Å². The van der Waals surface area contributed by atoms with Gasteiger partial charge in [0.1, 0.15) is 11.5 Å². The largest absolute Gasteiger partial charge is 0.506 e. The number of amides is 1. The predicted octanol–water partition coefficient (Wildman–Crippen LogP) is 4.75. The van der Waals surface area contributed by atoms with E-state index in [1.807, 2.05) is 23.6 Å². The van der Waals surface area contributed by atoms with Crippen LogP contribution in [0.1, 0.15) is 5.56 Å². The van der Waals surface area contributed by atoms with Gasteiger partial charge in [-0.3, -0.25) is 9.79 Å². The highest BCUT2D eigenvalue weighted by Gasteiger charge is 2.17. The molecule has 0 spiro atoms. The topological polar surface area (TPSA) is 88.2 Å². The Morgan fingerprint density at radius 1 is 1.29 bits per heavy atom. The summed E-state index contributed by atoms with van der Waals surface area (Å²) in [6, 6.07) is 9.12. The fraction of sp³-hybridized carbons (Fsp3) is 0.0952. The molecule has 0 saturated heterocycles. The molecule has 0 unspecified atom stereocenters. The molecule has 0 saturated carbocycles. The highest BCUT2D eigenvalue weighted by atomic mass is 79.9. The zero-order valence-electron chi connectivity index (χ0n) is 16.0. The van der Waals surface area contributed by atoms with Crippen LogP contribution in [-0.4, -0.2) is 35.1 Å². The summed E-state index contributed by atoms with van der Waals surface area (Å²) in [7, 11) is 0. The van der Waals surface area contributed by atoms with Crippen LogP contribution < -0.4 is 14.9 Å². The molecule has 3 aromatic rings. The van der Waals surface area contributed by atoms with Gasteiger partial charge in [0.15, 0.2) is 6.61 Å². The van der Waals surface area contributed by atoms with Gasteiger partial charge in [-0.05, 0) is 67.8 Å². The minimum atomic E-state index is -0.189. The van der Waals surface area contributed by atoms with Crippen LogP contribution in [-0.2, 0) is 4.79 Å². The van der Waals surface area contributed by atoms with E-state index in [2.05, 4.69) is 53.8 Å². The number of thiazole rings is 1. The quantitative estimate of drug-likeness (QED) is 0.347. The molecule has 1 aliphatic heterocycles. The first-order valence-corrected chi connectivity index (χ1v) is 11.5. The van der Waals surface area contributed by atoms with Crippen LogP contribution in [0.4, 0.5) is 5.69 Å². The smallest absolute Gasteiger partial charge is 0.262 e. The number of carbonyl (C=O) groups is 1. The summed E-state index contributed by atoms with van der Waals surface area (Å²) in [6.45, 7) is 4.19. The lowest BCUT2D eigenvalue weighted by Gasteiger charge is -2.18. The second kappa shape index (κ2) is 9.21. The highest BCUT2D eigenvalue weighted by Crippen LogP contribution is 2.34. The van der Waals surface area contributed by atoms with E-state index in [-0.39, 0.29) is 18.3 Å². The van der Waals surface area contributed by atoms with Crippen LogP contribution in [0, 0.1) is 0 Å². The van der Waals surface area contributed by atoms with Crippen molar-refractivity contribution in [3.63, 3.8) is 0 Å². The molecule has 4 rings (SSSR count). The van der Waals surface area contributed by atoms with Crippen LogP contribution >= 0.6 is 43.2 Å². The van der Waals surface area contributed by atoms with Crippen LogP contribution in [0.3, 0.4) is 0 Å². The van der Waals surface area contributed by atoms with Gasteiger partial charge in [0.2, 0.25) is 4.80 Å². The number of anilines is 1. The zero-order valence-corrected chi connectivity index (χ0v) is 20.0. The first-order chi connectivity index (χ1) is 15.0. The van der Waals surface area contributed by atoms with E-state index in [4.69, 9.17) is 4.74 Å². The molecule has 0 fully saturated rings. The Kier molecular flexibility index (Phi) is 6.40. The minimum absolute atomic E-state index is 0.0113. The molecule has 1 aromatic heterocycles. The lowest BCUT2D eigenvalue weighted by molar-refractivity contribution is -0.118. The van der Waals surface area contributed by atoms with Crippen LogP contribution in [0.5, 0.6) is 11.5 Å². The Morgan fingerprint density at radius 3 is 2.81 bits per heavy atom. The number of hydrogen-bond donors (Lipinski definition) is 2. The predicted molar refractivity (Wildman–Crippen MR) is 129 cm³/mol. The van der Waals surface area contributed by atoms with Crippen molar-refractivity contribution in [2.75, 3.05) is 18.5 Å². The summed E-state index contributed by atoms with van der Waals surface area (Å²) in [5.41, 5.74) is 3.06. The molecule has 10 heteroatoms. The number of nitrogens with zero attached hydrogens (tertiary/aromatic N) is 3. The van der Waals surface area contributed by atoms with Gasteiger partial charge < -0.3 is 15.2 Å². The van der Waals surface area contributed by atoms with Gasteiger partial charge in [-0.2, -0.15) is 5.10 Å². The van der Waals surface area contributed by atoms with Crippen molar-refractivity contribution in [1.82, 2.24) is 4.68 Å². The fourth-order valence-electron chi connectivity index (χ4n) is 2.89. The van der Waals surface area contributed by atoms with Gasteiger partial charge >= 0.3 is 0 Å². The van der Waals surface area contributed by atoms with Gasteiger partial charge in [0, 0.05) is 10.9 Å². The number of halogens is 2. The summed E-state index contributed by atoms with van der Waals surface area (Å²) in [6.07, 6.45) is 3.40. The number of phenols is 1. The van der Waals surface area contributed by atoms with Crippen molar-refractivity contribution in [3.05, 3.63) is 67.7 Å². The van der Waals surface area contributed by atoms with E-state index in [0.717, 1.165) is 16.8 Å². The van der Waals surface area contributed by atoms with Crippen LogP contribution in [0.15, 0.2) is 67.4 Å². The Labute approximate surface area is 198 Å². The average molecular weight is 564 g/mol. The SMILES string of the molecule is C=CCN=c1scc(-c2ccc3c(c2)NC(=O)CO3)n1N=Cc1cc(Br)c(O)c(Br)c1. The molecule has 0 aliphatic carbocycles. The number of fused-ring (bicyclic) bond motifs is 1. The lowest BCUT2D eigenvalue weighted by atomic mass is 10.1. The molecular weight excluding hydrogens is 548 g/mol. The van der Waals surface area contributed by atoms with Gasteiger partial charge in [-0.25, -0.2) is 4.68 Å². The van der Waals surface area contributed by atoms with Gasteiger partial charge in [-0.15, -0.1) is 17.9 Å². The number of aromatic nitrogens is 1. The van der Waals surface area contributed by atoms with E-state index < -0.39 is 0 Å². The standard InChI is InChI=1S/C21H16Br2N4O3S/c1-2-5-24-21-27(25-9-12-6-14(22)20(29)15(23)7-12)17(11-31-21)13-3-4-18-16(8-13)26-19(28)10-30-18/h2-4,6-9,11,29H,1,5,10H2,(H,26,28). The van der Waals surface area contributed by atoms with E-state index in [0.29, 0.717) is 31.7 Å². The van der Waals surface area contributed by atoms with E-state index in [1.165, 1.54) is 11.3 Å². The summed E-state index contributed by atoms with van der Waals surface area (Å²) < 4.78 is 8.29. The number of hydrogen-bond acceptors (Lipinski definition) is 6. The average Bonchev–Trinajstić information content (AvgIpc) is 3.16. The summed E-state index contributed by atoms with van der Waals surface area (Å²) >= 11 is 8.12. The number of carbonyl (C=O) groups excluding carboxylic acids is 1. The monoisotopic (exact) mass is 562 g/mol. The maximum atomic E-state index is 11.7. The molecular formula is C21H16Br2N4O3S. The second-order valence-electron chi connectivity index (χ2n) is 6.47. The third kappa shape index (κ3) is 4.65. The van der Waals surface area contributed by atoms with Gasteiger partial charge in [0.25, 0.3) is 5.91 Å². The lowest BCUT2D eigenvalue weighted by Crippen LogP contribution is -2.25. The molecule has 1 amide bonds. The fourth-order valence-corrected chi connectivity index (χ4v) is 4.96. The highest BCUT2D eigenvalue weighted by molar-refractivity contribution is 9.11. The molecule has 0 atom stereocenters. The first-order valence-electron chi connectivity index (χ1n) is 9.07. The summed E-state index contributed by atoms with van der Waals surface area (Å²) in [5, 5.41) is 19.3. The number of aromatic hydroxyl groups is 1. The number of ether oxygens (including phenoxy) is 1. The molecule has 158 valence electrons.